The van der Waals surface area contributed by atoms with Crippen LogP contribution < -0.4 is 10.6 Å². The first-order valence-electron chi connectivity index (χ1n) is 6.01. The van der Waals surface area contributed by atoms with Crippen molar-refractivity contribution in [1.82, 2.24) is 5.32 Å². The van der Waals surface area contributed by atoms with Gasteiger partial charge >= 0.3 is 0 Å². The van der Waals surface area contributed by atoms with Gasteiger partial charge in [-0.05, 0) is 44.0 Å². The van der Waals surface area contributed by atoms with E-state index in [0.717, 1.165) is 25.9 Å². The summed E-state index contributed by atoms with van der Waals surface area (Å²) in [5.74, 6) is -0.0591. The predicted molar refractivity (Wildman–Crippen MR) is 65.2 cm³/mol. The number of rotatable bonds is 3. The average Bonchev–Trinajstić information content (AvgIpc) is 2.33. The lowest BCUT2D eigenvalue weighted by molar-refractivity contribution is -0.117. The zero-order valence-electron chi connectivity index (χ0n) is 9.71. The van der Waals surface area contributed by atoms with E-state index in [1.54, 1.807) is 18.2 Å². The number of halogens is 1. The Kier molecular flexibility index (Phi) is 4.09. The highest BCUT2D eigenvalue weighted by molar-refractivity contribution is 5.90. The second-order valence-electron chi connectivity index (χ2n) is 4.43. The molecule has 1 aromatic rings. The Hall–Kier alpha value is -1.42. The van der Waals surface area contributed by atoms with E-state index in [2.05, 4.69) is 10.6 Å². The molecule has 2 N–H and O–H groups in total. The molecule has 0 spiro atoms. The van der Waals surface area contributed by atoms with Crippen LogP contribution in [0.15, 0.2) is 24.3 Å². The van der Waals surface area contributed by atoms with Crippen molar-refractivity contribution in [2.24, 2.45) is 5.92 Å². The molecule has 0 bridgehead atoms. The molecular weight excluding hydrogens is 219 g/mol. The van der Waals surface area contributed by atoms with Crippen molar-refractivity contribution < 1.29 is 9.18 Å². The summed E-state index contributed by atoms with van der Waals surface area (Å²) in [5.41, 5.74) is 0.270. The molecule has 1 amide bonds. The Bertz CT molecular complexity index is 389. The molecule has 1 aliphatic rings. The third kappa shape index (κ3) is 3.53. The molecule has 2 rings (SSSR count). The molecule has 0 saturated carbocycles. The molecule has 0 radical (unpaired) electrons. The fourth-order valence-corrected chi connectivity index (χ4v) is 2.11. The maximum Gasteiger partial charge on any atom is 0.224 e. The van der Waals surface area contributed by atoms with Crippen molar-refractivity contribution >= 4 is 11.6 Å². The molecule has 1 aliphatic heterocycles. The van der Waals surface area contributed by atoms with Crippen LogP contribution in [-0.4, -0.2) is 19.0 Å². The first-order valence-corrected chi connectivity index (χ1v) is 6.01. The van der Waals surface area contributed by atoms with Crippen molar-refractivity contribution in [3.63, 3.8) is 0 Å². The zero-order chi connectivity index (χ0) is 12.1. The molecule has 0 unspecified atom stereocenters. The molecular formula is C13H17FN2O. The fourth-order valence-electron chi connectivity index (χ4n) is 2.11. The van der Waals surface area contributed by atoms with Gasteiger partial charge in [0.2, 0.25) is 5.91 Å². The molecule has 3 nitrogen and oxygen atoms in total. The van der Waals surface area contributed by atoms with E-state index in [9.17, 15) is 9.18 Å². The molecule has 0 aliphatic carbocycles. The van der Waals surface area contributed by atoms with Gasteiger partial charge in [0, 0.05) is 6.42 Å². The summed E-state index contributed by atoms with van der Waals surface area (Å²) >= 11 is 0. The Morgan fingerprint density at radius 2 is 2.06 bits per heavy atom. The lowest BCUT2D eigenvalue weighted by Crippen LogP contribution is -2.30. The third-order valence-corrected chi connectivity index (χ3v) is 3.08. The van der Waals surface area contributed by atoms with Gasteiger partial charge in [-0.2, -0.15) is 0 Å². The van der Waals surface area contributed by atoms with Crippen LogP contribution in [0.25, 0.3) is 0 Å². The summed E-state index contributed by atoms with van der Waals surface area (Å²) in [7, 11) is 0. The van der Waals surface area contributed by atoms with Crippen LogP contribution in [0.4, 0.5) is 10.1 Å². The van der Waals surface area contributed by atoms with Crippen molar-refractivity contribution in [1.29, 1.82) is 0 Å². The minimum Gasteiger partial charge on any atom is -0.324 e. The minimum absolute atomic E-state index is 0.0954. The number of hydrogen-bond donors (Lipinski definition) is 2. The van der Waals surface area contributed by atoms with E-state index in [1.165, 1.54) is 6.07 Å². The van der Waals surface area contributed by atoms with Gasteiger partial charge in [0.15, 0.2) is 0 Å². The van der Waals surface area contributed by atoms with Crippen LogP contribution in [-0.2, 0) is 4.79 Å². The van der Waals surface area contributed by atoms with Crippen LogP contribution in [0, 0.1) is 11.7 Å². The molecule has 1 heterocycles. The molecule has 17 heavy (non-hydrogen) atoms. The number of piperidine rings is 1. The van der Waals surface area contributed by atoms with E-state index >= 15 is 0 Å². The Labute approximate surface area is 100 Å². The van der Waals surface area contributed by atoms with E-state index in [0.29, 0.717) is 12.3 Å². The summed E-state index contributed by atoms with van der Waals surface area (Å²) in [4.78, 5) is 11.7. The Morgan fingerprint density at radius 3 is 2.76 bits per heavy atom. The smallest absolute Gasteiger partial charge is 0.224 e. The van der Waals surface area contributed by atoms with Crippen LogP contribution in [0.3, 0.4) is 0 Å². The van der Waals surface area contributed by atoms with Gasteiger partial charge in [-0.15, -0.1) is 0 Å². The quantitative estimate of drug-likeness (QED) is 0.844. The van der Waals surface area contributed by atoms with E-state index < -0.39 is 0 Å². The normalized spacial score (nSPS) is 16.8. The second kappa shape index (κ2) is 5.77. The highest BCUT2D eigenvalue weighted by Crippen LogP contribution is 2.18. The number of benzene rings is 1. The molecule has 4 heteroatoms. The molecule has 1 saturated heterocycles. The first-order chi connectivity index (χ1) is 8.25. The zero-order valence-corrected chi connectivity index (χ0v) is 9.71. The highest BCUT2D eigenvalue weighted by Gasteiger charge is 2.17. The summed E-state index contributed by atoms with van der Waals surface area (Å²) in [6.07, 6.45) is 2.52. The van der Waals surface area contributed by atoms with Gasteiger partial charge in [-0.3, -0.25) is 4.79 Å². The average molecular weight is 236 g/mol. The minimum atomic E-state index is -0.383. The van der Waals surface area contributed by atoms with Crippen LogP contribution in [0.1, 0.15) is 19.3 Å². The van der Waals surface area contributed by atoms with Gasteiger partial charge < -0.3 is 10.6 Å². The molecule has 92 valence electrons. The number of amides is 1. The van der Waals surface area contributed by atoms with Gasteiger partial charge in [-0.1, -0.05) is 12.1 Å². The fraction of sp³-hybridized carbons (Fsp3) is 0.462. The standard InChI is InChI=1S/C13H17FN2O/c14-11-3-1-2-4-12(11)16-13(17)9-10-5-7-15-8-6-10/h1-4,10,15H,5-9H2,(H,16,17). The maximum absolute atomic E-state index is 13.3. The summed E-state index contributed by atoms with van der Waals surface area (Å²) < 4.78 is 13.3. The van der Waals surface area contributed by atoms with E-state index in [-0.39, 0.29) is 17.4 Å². The number of carbonyl (C=O) groups excluding carboxylic acids is 1. The highest BCUT2D eigenvalue weighted by atomic mass is 19.1. The van der Waals surface area contributed by atoms with Crippen LogP contribution in [0.2, 0.25) is 0 Å². The molecule has 0 atom stereocenters. The molecule has 0 aromatic heterocycles. The van der Waals surface area contributed by atoms with Crippen LogP contribution in [0.5, 0.6) is 0 Å². The SMILES string of the molecule is O=C(CC1CCNCC1)Nc1ccccc1F. The lowest BCUT2D eigenvalue weighted by Gasteiger charge is -2.21. The number of carbonyl (C=O) groups is 1. The van der Waals surface area contributed by atoms with Gasteiger partial charge in [0.05, 0.1) is 5.69 Å². The monoisotopic (exact) mass is 236 g/mol. The number of hydrogen-bond acceptors (Lipinski definition) is 2. The predicted octanol–water partition coefficient (Wildman–Crippen LogP) is 2.15. The number of nitrogens with one attached hydrogen (secondary N) is 2. The molecule has 1 fully saturated rings. The van der Waals surface area contributed by atoms with Crippen molar-refractivity contribution in [2.75, 3.05) is 18.4 Å². The van der Waals surface area contributed by atoms with Gasteiger partial charge in [0.1, 0.15) is 5.82 Å². The third-order valence-electron chi connectivity index (χ3n) is 3.08. The van der Waals surface area contributed by atoms with Crippen LogP contribution >= 0.6 is 0 Å². The summed E-state index contributed by atoms with van der Waals surface area (Å²) in [6, 6.07) is 6.25. The van der Waals surface area contributed by atoms with Crippen molar-refractivity contribution in [3.8, 4) is 0 Å². The topological polar surface area (TPSA) is 41.1 Å². The van der Waals surface area contributed by atoms with Crippen molar-refractivity contribution in [3.05, 3.63) is 30.1 Å². The maximum atomic E-state index is 13.3. The van der Waals surface area contributed by atoms with E-state index in [4.69, 9.17) is 0 Å². The Morgan fingerprint density at radius 1 is 1.35 bits per heavy atom. The van der Waals surface area contributed by atoms with Gasteiger partial charge in [0.25, 0.3) is 0 Å². The number of anilines is 1. The second-order valence-corrected chi connectivity index (χ2v) is 4.43. The summed E-state index contributed by atoms with van der Waals surface area (Å²) in [6.45, 7) is 1.94. The van der Waals surface area contributed by atoms with E-state index in [1.807, 2.05) is 0 Å². The van der Waals surface area contributed by atoms with Crippen molar-refractivity contribution in [2.45, 2.75) is 19.3 Å². The summed E-state index contributed by atoms with van der Waals surface area (Å²) in [5, 5.41) is 5.88. The first kappa shape index (κ1) is 12.0. The largest absolute Gasteiger partial charge is 0.324 e. The Balaban J connectivity index is 1.86. The lowest BCUT2D eigenvalue weighted by atomic mass is 9.94. The number of para-hydroxylation sites is 1. The molecule has 1 aromatic carbocycles. The van der Waals surface area contributed by atoms with Gasteiger partial charge in [-0.25, -0.2) is 4.39 Å².